The van der Waals surface area contributed by atoms with Crippen LogP contribution < -0.4 is 5.32 Å². The summed E-state index contributed by atoms with van der Waals surface area (Å²) >= 11 is 12.2. The van der Waals surface area contributed by atoms with E-state index in [0.717, 1.165) is 16.5 Å². The van der Waals surface area contributed by atoms with E-state index in [9.17, 15) is 4.79 Å². The molecule has 3 nitrogen and oxygen atoms in total. The number of aromatic nitrogens is 1. The molecule has 0 aliphatic heterocycles. The number of carbonyl (C=O) groups is 1. The van der Waals surface area contributed by atoms with Gasteiger partial charge in [-0.2, -0.15) is 0 Å². The first-order valence-electron chi connectivity index (χ1n) is 6.40. The maximum Gasteiger partial charge on any atom is 0.272 e. The zero-order chi connectivity index (χ0) is 15.0. The smallest absolute Gasteiger partial charge is 0.272 e. The molecule has 106 valence electrons. The van der Waals surface area contributed by atoms with E-state index in [1.807, 2.05) is 25.1 Å². The van der Waals surface area contributed by atoms with E-state index in [-0.39, 0.29) is 5.91 Å². The van der Waals surface area contributed by atoms with Gasteiger partial charge in [0.2, 0.25) is 0 Å². The van der Waals surface area contributed by atoms with Gasteiger partial charge in [0, 0.05) is 16.1 Å². The molecule has 0 aliphatic carbocycles. The average molecular weight is 319 g/mol. The number of benzene rings is 2. The number of halogens is 2. The highest BCUT2D eigenvalue weighted by atomic mass is 35.5. The van der Waals surface area contributed by atoms with Gasteiger partial charge >= 0.3 is 0 Å². The van der Waals surface area contributed by atoms with Gasteiger partial charge in [0.15, 0.2) is 0 Å². The molecule has 5 heteroatoms. The van der Waals surface area contributed by atoms with E-state index < -0.39 is 0 Å². The molecule has 1 amide bonds. The number of rotatable bonds is 2. The van der Waals surface area contributed by atoms with Crippen molar-refractivity contribution in [3.8, 4) is 0 Å². The summed E-state index contributed by atoms with van der Waals surface area (Å²) in [4.78, 5) is 15.4. The average Bonchev–Trinajstić information content (AvgIpc) is 2.89. The second-order valence-corrected chi connectivity index (χ2v) is 5.57. The number of amides is 1. The lowest BCUT2D eigenvalue weighted by atomic mass is 10.2. The molecule has 3 rings (SSSR count). The largest absolute Gasteiger partial charge is 0.349 e. The molecule has 0 saturated heterocycles. The van der Waals surface area contributed by atoms with Gasteiger partial charge in [-0.1, -0.05) is 41.4 Å². The number of aromatic amines is 1. The quantitative estimate of drug-likeness (QED) is 0.683. The molecule has 2 N–H and O–H groups in total. The molecule has 0 fully saturated rings. The molecular formula is C16H12Cl2N2O. The van der Waals surface area contributed by atoms with Gasteiger partial charge in [-0.15, -0.1) is 0 Å². The molecule has 0 saturated carbocycles. The highest BCUT2D eigenvalue weighted by molar-refractivity contribution is 6.35. The normalized spacial score (nSPS) is 10.8. The molecule has 0 bridgehead atoms. The second kappa shape index (κ2) is 5.43. The third-order valence-corrected chi connectivity index (χ3v) is 4.09. The van der Waals surface area contributed by atoms with Gasteiger partial charge in [0.05, 0.1) is 10.5 Å². The SMILES string of the molecule is Cc1c(Cl)cccc1NC(=O)c1cc2cccc(Cl)c2[nH]1. The van der Waals surface area contributed by atoms with Gasteiger partial charge in [0.25, 0.3) is 5.91 Å². The van der Waals surface area contributed by atoms with Crippen LogP contribution in [-0.4, -0.2) is 10.9 Å². The third-order valence-electron chi connectivity index (χ3n) is 3.37. The van der Waals surface area contributed by atoms with Gasteiger partial charge in [0.1, 0.15) is 5.69 Å². The van der Waals surface area contributed by atoms with E-state index in [2.05, 4.69) is 10.3 Å². The fraction of sp³-hybridized carbons (Fsp3) is 0.0625. The third kappa shape index (κ3) is 2.62. The number of nitrogens with one attached hydrogen (secondary N) is 2. The van der Waals surface area contributed by atoms with Crippen LogP contribution in [0, 0.1) is 6.92 Å². The van der Waals surface area contributed by atoms with Crippen molar-refractivity contribution in [2.24, 2.45) is 0 Å². The Labute approximate surface area is 131 Å². The fourth-order valence-electron chi connectivity index (χ4n) is 2.17. The van der Waals surface area contributed by atoms with Crippen molar-refractivity contribution in [3.05, 3.63) is 63.8 Å². The van der Waals surface area contributed by atoms with Crippen LogP contribution >= 0.6 is 23.2 Å². The molecule has 21 heavy (non-hydrogen) atoms. The van der Waals surface area contributed by atoms with E-state index in [1.54, 1.807) is 24.3 Å². The van der Waals surface area contributed by atoms with Crippen LogP contribution in [0.3, 0.4) is 0 Å². The van der Waals surface area contributed by atoms with Crippen LogP contribution in [0.15, 0.2) is 42.5 Å². The summed E-state index contributed by atoms with van der Waals surface area (Å²) in [6.45, 7) is 1.86. The summed E-state index contributed by atoms with van der Waals surface area (Å²) in [7, 11) is 0. The molecular weight excluding hydrogens is 307 g/mol. The molecule has 0 spiro atoms. The Morgan fingerprint density at radius 3 is 2.57 bits per heavy atom. The molecule has 3 aromatic rings. The predicted octanol–water partition coefficient (Wildman–Crippen LogP) is 5.04. The van der Waals surface area contributed by atoms with E-state index in [4.69, 9.17) is 23.2 Å². The van der Waals surface area contributed by atoms with Crippen molar-refractivity contribution >= 4 is 45.7 Å². The zero-order valence-electron chi connectivity index (χ0n) is 11.2. The number of anilines is 1. The van der Waals surface area contributed by atoms with E-state index in [0.29, 0.717) is 21.4 Å². The Morgan fingerprint density at radius 1 is 1.10 bits per heavy atom. The van der Waals surface area contributed by atoms with Crippen molar-refractivity contribution in [1.82, 2.24) is 4.98 Å². The standard InChI is InChI=1S/C16H12Cl2N2O/c1-9-11(17)5-3-7-13(9)20-16(21)14-8-10-4-2-6-12(18)15(10)19-14/h2-8,19H,1H3,(H,20,21). The maximum absolute atomic E-state index is 12.3. The Kier molecular flexibility index (Phi) is 3.62. The van der Waals surface area contributed by atoms with Gasteiger partial charge in [-0.3, -0.25) is 4.79 Å². The minimum atomic E-state index is -0.229. The Morgan fingerprint density at radius 2 is 1.81 bits per heavy atom. The van der Waals surface area contributed by atoms with E-state index in [1.165, 1.54) is 0 Å². The molecule has 0 aliphatic rings. The molecule has 0 atom stereocenters. The first kappa shape index (κ1) is 14.0. The summed E-state index contributed by atoms with van der Waals surface area (Å²) in [5.41, 5.74) is 2.74. The van der Waals surface area contributed by atoms with E-state index >= 15 is 0 Å². The highest BCUT2D eigenvalue weighted by Crippen LogP contribution is 2.26. The topological polar surface area (TPSA) is 44.9 Å². The monoisotopic (exact) mass is 318 g/mol. The van der Waals surface area contributed by atoms with Crippen LogP contribution in [0.4, 0.5) is 5.69 Å². The highest BCUT2D eigenvalue weighted by Gasteiger charge is 2.12. The summed E-state index contributed by atoms with van der Waals surface area (Å²) in [6.07, 6.45) is 0. The lowest BCUT2D eigenvalue weighted by Gasteiger charge is -2.08. The number of hydrogen-bond donors (Lipinski definition) is 2. The number of para-hydroxylation sites is 1. The lowest BCUT2D eigenvalue weighted by Crippen LogP contribution is -2.13. The summed E-state index contributed by atoms with van der Waals surface area (Å²) in [5.74, 6) is -0.229. The summed E-state index contributed by atoms with van der Waals surface area (Å²) < 4.78 is 0. The molecule has 0 radical (unpaired) electrons. The minimum absolute atomic E-state index is 0.229. The Hall–Kier alpha value is -1.97. The number of carbonyl (C=O) groups excluding carboxylic acids is 1. The summed E-state index contributed by atoms with van der Waals surface area (Å²) in [6, 6.07) is 12.7. The van der Waals surface area contributed by atoms with Gasteiger partial charge in [-0.05, 0) is 36.8 Å². The van der Waals surface area contributed by atoms with Crippen molar-refractivity contribution in [2.75, 3.05) is 5.32 Å². The predicted molar refractivity (Wildman–Crippen MR) is 87.5 cm³/mol. The first-order chi connectivity index (χ1) is 10.1. The molecule has 1 aromatic heterocycles. The van der Waals surface area contributed by atoms with Crippen molar-refractivity contribution in [3.63, 3.8) is 0 Å². The lowest BCUT2D eigenvalue weighted by molar-refractivity contribution is 0.102. The zero-order valence-corrected chi connectivity index (χ0v) is 12.7. The van der Waals surface area contributed by atoms with Gasteiger partial charge < -0.3 is 10.3 Å². The van der Waals surface area contributed by atoms with Crippen molar-refractivity contribution < 1.29 is 4.79 Å². The van der Waals surface area contributed by atoms with Gasteiger partial charge in [-0.25, -0.2) is 0 Å². The van der Waals surface area contributed by atoms with Crippen LogP contribution in [-0.2, 0) is 0 Å². The van der Waals surface area contributed by atoms with Crippen LogP contribution in [0.1, 0.15) is 16.1 Å². The van der Waals surface area contributed by atoms with Crippen LogP contribution in [0.25, 0.3) is 10.9 Å². The van der Waals surface area contributed by atoms with Crippen molar-refractivity contribution in [1.29, 1.82) is 0 Å². The van der Waals surface area contributed by atoms with Crippen LogP contribution in [0.2, 0.25) is 10.0 Å². The Bertz CT molecular complexity index is 839. The Balaban J connectivity index is 1.94. The second-order valence-electron chi connectivity index (χ2n) is 4.75. The molecule has 2 aromatic carbocycles. The van der Waals surface area contributed by atoms with Crippen LogP contribution in [0.5, 0.6) is 0 Å². The number of fused-ring (bicyclic) bond motifs is 1. The number of H-pyrrole nitrogens is 1. The molecule has 1 heterocycles. The first-order valence-corrected chi connectivity index (χ1v) is 7.15. The maximum atomic E-state index is 12.3. The molecule has 0 unspecified atom stereocenters. The number of hydrogen-bond acceptors (Lipinski definition) is 1. The minimum Gasteiger partial charge on any atom is -0.349 e. The fourth-order valence-corrected chi connectivity index (χ4v) is 2.58. The summed E-state index contributed by atoms with van der Waals surface area (Å²) in [5, 5.41) is 4.96. The van der Waals surface area contributed by atoms with Crippen molar-refractivity contribution in [2.45, 2.75) is 6.92 Å².